The summed E-state index contributed by atoms with van der Waals surface area (Å²) in [7, 11) is 0. The van der Waals surface area contributed by atoms with E-state index in [-0.39, 0.29) is 62.8 Å². The number of thioether (sulfide) groups is 1. The van der Waals surface area contributed by atoms with Crippen LogP contribution in [-0.2, 0) is 11.0 Å². The van der Waals surface area contributed by atoms with E-state index in [2.05, 4.69) is 20.9 Å². The molecule has 4 aliphatic rings. The van der Waals surface area contributed by atoms with Crippen LogP contribution >= 0.6 is 23.1 Å². The van der Waals surface area contributed by atoms with Gasteiger partial charge in [-0.1, -0.05) is 26.0 Å². The van der Waals surface area contributed by atoms with Crippen LogP contribution in [0.15, 0.2) is 34.0 Å². The maximum atomic E-state index is 15.5. The molecule has 15 heteroatoms. The number of nitrogens with two attached hydrogens (primary N) is 1. The summed E-state index contributed by atoms with van der Waals surface area (Å²) in [5, 5.41) is 11.0. The van der Waals surface area contributed by atoms with E-state index in [1.807, 2.05) is 37.5 Å². The fraction of sp³-hybridized carbons (Fsp3) is 0.526. The van der Waals surface area contributed by atoms with Gasteiger partial charge in [-0.3, -0.25) is 19.2 Å². The number of anilines is 2. The molecule has 4 aromatic rings. The molecule has 0 bridgehead atoms. The molecule has 53 heavy (non-hydrogen) atoms. The van der Waals surface area contributed by atoms with Crippen LogP contribution in [0.4, 0.5) is 24.0 Å². The lowest BCUT2D eigenvalue weighted by molar-refractivity contribution is -0.139. The zero-order valence-corrected chi connectivity index (χ0v) is 31.9. The molecule has 1 aliphatic carbocycles. The Hall–Kier alpha value is -3.84. The van der Waals surface area contributed by atoms with Crippen LogP contribution in [0.1, 0.15) is 57.7 Å². The number of halogens is 3. The average molecular weight is 765 g/mol. The number of nitrogen functional groups attached to an aromatic ring is 1. The van der Waals surface area contributed by atoms with Gasteiger partial charge >= 0.3 is 11.9 Å². The quantitative estimate of drug-likeness (QED) is 0.243. The summed E-state index contributed by atoms with van der Waals surface area (Å²) in [5.41, 5.74) is 5.67. The highest BCUT2D eigenvalue weighted by atomic mass is 32.2. The molecule has 3 atom stereocenters. The molecular weight excluding hydrogens is 722 g/mol. The standard InChI is InChI=1S/C38H43F3N8O2S2/c1-20(2)36(50)48-21(3)16-47(17-22(48)4)35-26-14-28(38(39,40)41)31(25-6-5-7-29-30(25)27(15-42)34(43)53-29)33-32(26)49(37(51)44-35)24(19-52-33)18-45-10-12-46(13-11-45)23-8-9-23/h5-7,14,20-24H,8-13,16-19,43H2,1-4H3/t21-,22+,24?. The Kier molecular flexibility index (Phi) is 9.19. The number of carbonyl (C=O) groups is 1. The van der Waals surface area contributed by atoms with Crippen LogP contribution in [0.5, 0.6) is 0 Å². The molecular formula is C38H43F3N8O2S2. The van der Waals surface area contributed by atoms with E-state index >= 15 is 13.2 Å². The van der Waals surface area contributed by atoms with Gasteiger partial charge in [0, 0.05) is 102 Å². The van der Waals surface area contributed by atoms with Gasteiger partial charge in [-0.05, 0) is 44.4 Å². The molecule has 3 fully saturated rings. The van der Waals surface area contributed by atoms with Crippen molar-refractivity contribution in [2.75, 3.05) is 62.2 Å². The number of hydrogen-bond acceptors (Lipinski definition) is 10. The lowest BCUT2D eigenvalue weighted by Crippen LogP contribution is -2.60. The highest BCUT2D eigenvalue weighted by Crippen LogP contribution is 2.52. The normalized spacial score (nSPS) is 23.0. The number of piperazine rings is 2. The molecule has 1 saturated carbocycles. The van der Waals surface area contributed by atoms with Crippen LogP contribution < -0.4 is 16.3 Å². The maximum Gasteiger partial charge on any atom is 0.417 e. The van der Waals surface area contributed by atoms with Gasteiger partial charge in [0.2, 0.25) is 5.91 Å². The van der Waals surface area contributed by atoms with Gasteiger partial charge in [-0.15, -0.1) is 23.1 Å². The maximum absolute atomic E-state index is 15.5. The minimum Gasteiger partial charge on any atom is -0.389 e. The van der Waals surface area contributed by atoms with Crippen molar-refractivity contribution < 1.29 is 18.0 Å². The van der Waals surface area contributed by atoms with Crippen molar-refractivity contribution >= 4 is 60.8 Å². The summed E-state index contributed by atoms with van der Waals surface area (Å²) < 4.78 is 48.8. The molecule has 2 aromatic heterocycles. The van der Waals surface area contributed by atoms with Gasteiger partial charge in [-0.2, -0.15) is 23.4 Å². The summed E-state index contributed by atoms with van der Waals surface area (Å²) in [4.78, 5) is 41.1. The van der Waals surface area contributed by atoms with Crippen molar-refractivity contribution in [2.45, 2.75) is 75.8 Å². The minimum absolute atomic E-state index is 0.00996. The smallest absolute Gasteiger partial charge is 0.389 e. The first-order valence-electron chi connectivity index (χ1n) is 18.3. The van der Waals surface area contributed by atoms with Gasteiger partial charge in [0.05, 0.1) is 22.7 Å². The highest BCUT2D eigenvalue weighted by molar-refractivity contribution is 7.99. The Labute approximate surface area is 314 Å². The van der Waals surface area contributed by atoms with E-state index in [9.17, 15) is 14.9 Å². The van der Waals surface area contributed by atoms with E-state index in [0.717, 1.165) is 32.2 Å². The van der Waals surface area contributed by atoms with Crippen LogP contribution in [0.25, 0.3) is 32.1 Å². The van der Waals surface area contributed by atoms with Gasteiger partial charge < -0.3 is 15.5 Å². The molecule has 5 heterocycles. The Balaban J connectivity index is 1.33. The molecule has 0 spiro atoms. The number of fused-ring (bicyclic) bond motifs is 1. The number of hydrogen-bond donors (Lipinski definition) is 1. The number of benzene rings is 2. The topological polar surface area (TPSA) is 115 Å². The largest absolute Gasteiger partial charge is 0.417 e. The summed E-state index contributed by atoms with van der Waals surface area (Å²) in [6, 6.07) is 8.19. The van der Waals surface area contributed by atoms with Crippen LogP contribution in [0.3, 0.4) is 0 Å². The highest BCUT2D eigenvalue weighted by Gasteiger charge is 2.42. The molecule has 0 radical (unpaired) electrons. The van der Waals surface area contributed by atoms with Crippen molar-refractivity contribution in [3.8, 4) is 17.2 Å². The molecule has 2 saturated heterocycles. The average Bonchev–Trinajstić information content (AvgIpc) is 3.90. The second-order valence-corrected chi connectivity index (χ2v) is 17.4. The molecule has 1 amide bonds. The predicted molar refractivity (Wildman–Crippen MR) is 205 cm³/mol. The first-order chi connectivity index (χ1) is 25.3. The third-order valence-corrected chi connectivity index (χ3v) is 13.5. The van der Waals surface area contributed by atoms with E-state index in [1.165, 1.54) is 35.9 Å². The molecule has 2 aromatic carbocycles. The second kappa shape index (κ2) is 13.5. The second-order valence-electron chi connectivity index (χ2n) is 15.3. The molecule has 3 aliphatic heterocycles. The van der Waals surface area contributed by atoms with Gasteiger partial charge in [0.25, 0.3) is 0 Å². The number of carbonyl (C=O) groups excluding carboxylic acids is 1. The van der Waals surface area contributed by atoms with Gasteiger partial charge in [0.15, 0.2) is 0 Å². The van der Waals surface area contributed by atoms with Crippen molar-refractivity contribution in [2.24, 2.45) is 5.92 Å². The van der Waals surface area contributed by atoms with Crippen LogP contribution in [0, 0.1) is 17.2 Å². The van der Waals surface area contributed by atoms with Crippen molar-refractivity contribution in [3.05, 3.63) is 45.9 Å². The number of alkyl halides is 3. The van der Waals surface area contributed by atoms with E-state index in [0.29, 0.717) is 51.9 Å². The fourth-order valence-corrected chi connectivity index (χ4v) is 11.0. The number of nitrogens with zero attached hydrogens (tertiary/aromatic N) is 7. The zero-order valence-electron chi connectivity index (χ0n) is 30.2. The summed E-state index contributed by atoms with van der Waals surface area (Å²) >= 11 is 2.51. The van der Waals surface area contributed by atoms with Gasteiger partial charge in [0.1, 0.15) is 16.9 Å². The minimum atomic E-state index is -4.78. The Bertz CT molecular complexity index is 2210. The van der Waals surface area contributed by atoms with E-state index in [4.69, 9.17) is 5.73 Å². The van der Waals surface area contributed by atoms with Crippen LogP contribution in [0.2, 0.25) is 0 Å². The number of aromatic nitrogens is 2. The third kappa shape index (κ3) is 6.25. The Morgan fingerprint density at radius 1 is 1.11 bits per heavy atom. The van der Waals surface area contributed by atoms with Crippen LogP contribution in [-0.4, -0.2) is 99.8 Å². The molecule has 1 unspecified atom stereocenters. The molecule has 2 N–H and O–H groups in total. The fourth-order valence-electron chi connectivity index (χ4n) is 8.72. The number of thiophene rings is 1. The number of rotatable bonds is 6. The lowest BCUT2D eigenvalue weighted by atomic mass is 9.92. The Morgan fingerprint density at radius 3 is 2.43 bits per heavy atom. The van der Waals surface area contributed by atoms with E-state index < -0.39 is 17.4 Å². The summed E-state index contributed by atoms with van der Waals surface area (Å²) in [6.07, 6.45) is -2.30. The first kappa shape index (κ1) is 36.2. The van der Waals surface area contributed by atoms with Crippen molar-refractivity contribution in [1.29, 1.82) is 5.26 Å². The van der Waals surface area contributed by atoms with Crippen molar-refractivity contribution in [1.82, 2.24) is 24.3 Å². The number of nitriles is 1. The summed E-state index contributed by atoms with van der Waals surface area (Å²) in [6.45, 7) is 12.4. The number of amides is 1. The third-order valence-electron chi connectivity index (χ3n) is 11.3. The SMILES string of the molecule is CC(C)C(=O)N1[C@H](C)CN(c2nc(=O)n3c4c(c(-c5cccc6sc(N)c(C#N)c56)c(C(F)(F)F)cc24)SCC3CN2CCN(C3CC3)CC2)C[C@@H]1C. The molecule has 280 valence electrons. The zero-order chi connectivity index (χ0) is 37.5. The molecule has 10 nitrogen and oxygen atoms in total. The van der Waals surface area contributed by atoms with Crippen molar-refractivity contribution in [3.63, 3.8) is 0 Å². The predicted octanol–water partition coefficient (Wildman–Crippen LogP) is 6.26. The molecule has 8 rings (SSSR count). The lowest BCUT2D eigenvalue weighted by Gasteiger charge is -2.46. The Morgan fingerprint density at radius 2 is 1.81 bits per heavy atom. The first-order valence-corrected chi connectivity index (χ1v) is 20.1. The monoisotopic (exact) mass is 764 g/mol. The summed E-state index contributed by atoms with van der Waals surface area (Å²) in [5.74, 6) is 0.385. The van der Waals surface area contributed by atoms with Gasteiger partial charge in [-0.25, -0.2) is 4.79 Å². The van der Waals surface area contributed by atoms with E-state index in [1.54, 1.807) is 22.8 Å².